The molecule has 3 nitrogen and oxygen atoms in total. The molecule has 1 aromatic carbocycles. The number of hydrogen-bond donors (Lipinski definition) is 1. The Morgan fingerprint density at radius 1 is 1.31 bits per heavy atom. The molecule has 0 radical (unpaired) electrons. The van der Waals surface area contributed by atoms with E-state index in [0.29, 0.717) is 10.8 Å². The van der Waals surface area contributed by atoms with Crippen molar-refractivity contribution < 1.29 is 9.47 Å². The molecule has 0 saturated heterocycles. The maximum Gasteiger partial charge on any atom is 0.137 e. The van der Waals surface area contributed by atoms with Gasteiger partial charge in [-0.2, -0.15) is 0 Å². The highest BCUT2D eigenvalue weighted by molar-refractivity contribution is 6.32. The van der Waals surface area contributed by atoms with Crippen LogP contribution < -0.4 is 10.5 Å². The third kappa shape index (κ3) is 2.67. The number of benzene rings is 1. The largest absolute Gasteiger partial charge is 0.495 e. The first kappa shape index (κ1) is 13.3. The maximum atomic E-state index is 6.13. The summed E-state index contributed by atoms with van der Waals surface area (Å²) in [6, 6.07) is 5.27. The van der Waals surface area contributed by atoms with E-state index in [1.807, 2.05) is 26.0 Å². The van der Waals surface area contributed by atoms with E-state index in [2.05, 4.69) is 0 Å². The van der Waals surface area contributed by atoms with E-state index >= 15 is 0 Å². The first-order valence-electron chi connectivity index (χ1n) is 5.06. The molecule has 0 aromatic heterocycles. The van der Waals surface area contributed by atoms with E-state index in [4.69, 9.17) is 26.8 Å². The third-order valence-electron chi connectivity index (χ3n) is 2.81. The van der Waals surface area contributed by atoms with Crippen LogP contribution in [0.1, 0.15) is 25.5 Å². The highest BCUT2D eigenvalue weighted by Gasteiger charge is 2.27. The first-order valence-corrected chi connectivity index (χ1v) is 5.44. The quantitative estimate of drug-likeness (QED) is 0.885. The van der Waals surface area contributed by atoms with Gasteiger partial charge in [-0.3, -0.25) is 0 Å². The van der Waals surface area contributed by atoms with Gasteiger partial charge in [0.05, 0.1) is 23.8 Å². The van der Waals surface area contributed by atoms with Gasteiger partial charge in [-0.05, 0) is 31.5 Å². The summed E-state index contributed by atoms with van der Waals surface area (Å²) < 4.78 is 10.5. The topological polar surface area (TPSA) is 44.5 Å². The number of ether oxygens (including phenoxy) is 2. The summed E-state index contributed by atoms with van der Waals surface area (Å²) in [4.78, 5) is 0. The molecule has 16 heavy (non-hydrogen) atoms. The Labute approximate surface area is 101 Å². The molecule has 1 rings (SSSR count). The minimum absolute atomic E-state index is 0.233. The van der Waals surface area contributed by atoms with Crippen molar-refractivity contribution >= 4 is 11.6 Å². The molecule has 0 saturated carbocycles. The highest BCUT2D eigenvalue weighted by atomic mass is 35.5. The van der Waals surface area contributed by atoms with Gasteiger partial charge >= 0.3 is 0 Å². The molecule has 0 bridgehead atoms. The first-order chi connectivity index (χ1) is 7.42. The van der Waals surface area contributed by atoms with E-state index in [-0.39, 0.29) is 6.04 Å². The number of nitrogens with two attached hydrogens (primary N) is 1. The highest BCUT2D eigenvalue weighted by Crippen LogP contribution is 2.31. The van der Waals surface area contributed by atoms with Crippen LogP contribution >= 0.6 is 11.6 Å². The Morgan fingerprint density at radius 2 is 1.94 bits per heavy atom. The molecule has 0 fully saturated rings. The summed E-state index contributed by atoms with van der Waals surface area (Å²) in [5.41, 5.74) is 6.64. The molecule has 0 amide bonds. The van der Waals surface area contributed by atoms with Crippen LogP contribution in [-0.4, -0.2) is 19.8 Å². The smallest absolute Gasteiger partial charge is 0.137 e. The minimum Gasteiger partial charge on any atom is -0.495 e. The second-order valence-corrected chi connectivity index (χ2v) is 4.59. The standard InChI is InChI=1S/C12H18ClNO2/c1-12(2,16-4)11(14)8-5-6-9(13)10(7-8)15-3/h5-7,11H,14H2,1-4H3. The predicted octanol–water partition coefficient (Wildman–Crippen LogP) is 2.77. The lowest BCUT2D eigenvalue weighted by Crippen LogP contribution is -2.37. The van der Waals surface area contributed by atoms with Crippen molar-refractivity contribution in [3.63, 3.8) is 0 Å². The van der Waals surface area contributed by atoms with Gasteiger partial charge in [0.2, 0.25) is 0 Å². The number of halogens is 1. The van der Waals surface area contributed by atoms with Gasteiger partial charge in [0.25, 0.3) is 0 Å². The molecule has 4 heteroatoms. The van der Waals surface area contributed by atoms with Gasteiger partial charge < -0.3 is 15.2 Å². The van der Waals surface area contributed by atoms with Crippen molar-refractivity contribution in [3.05, 3.63) is 28.8 Å². The molecule has 0 aliphatic heterocycles. The average Bonchev–Trinajstić information content (AvgIpc) is 2.28. The van der Waals surface area contributed by atoms with Gasteiger partial charge in [0.15, 0.2) is 0 Å². The summed E-state index contributed by atoms with van der Waals surface area (Å²) >= 11 is 5.95. The average molecular weight is 244 g/mol. The van der Waals surface area contributed by atoms with E-state index < -0.39 is 5.60 Å². The Bertz CT molecular complexity index is 366. The van der Waals surface area contributed by atoms with Crippen LogP contribution in [0.25, 0.3) is 0 Å². The van der Waals surface area contributed by atoms with Crippen LogP contribution in [0.2, 0.25) is 5.02 Å². The third-order valence-corrected chi connectivity index (χ3v) is 3.12. The molecular formula is C12H18ClNO2. The van der Waals surface area contributed by atoms with E-state index in [1.165, 1.54) is 0 Å². The van der Waals surface area contributed by atoms with Crippen LogP contribution in [0.15, 0.2) is 18.2 Å². The Kier molecular flexibility index (Phi) is 4.19. The van der Waals surface area contributed by atoms with Gasteiger partial charge in [-0.25, -0.2) is 0 Å². The van der Waals surface area contributed by atoms with Gasteiger partial charge in [0, 0.05) is 7.11 Å². The molecule has 1 atom stereocenters. The molecule has 1 aromatic rings. The summed E-state index contributed by atoms with van der Waals surface area (Å²) in [6.45, 7) is 3.89. The number of methoxy groups -OCH3 is 2. The zero-order valence-electron chi connectivity index (χ0n) is 10.1. The van der Waals surface area contributed by atoms with Gasteiger partial charge in [-0.15, -0.1) is 0 Å². The van der Waals surface area contributed by atoms with Crippen LogP contribution in [0.5, 0.6) is 5.75 Å². The minimum atomic E-state index is -0.432. The van der Waals surface area contributed by atoms with Crippen molar-refractivity contribution in [2.24, 2.45) is 5.73 Å². The van der Waals surface area contributed by atoms with Crippen LogP contribution in [-0.2, 0) is 4.74 Å². The molecular weight excluding hydrogens is 226 g/mol. The maximum absolute atomic E-state index is 6.13. The SMILES string of the molecule is COc1cc(C(N)C(C)(C)OC)ccc1Cl. The molecule has 0 aliphatic rings. The summed E-state index contributed by atoms with van der Waals surface area (Å²) in [7, 11) is 3.23. The number of rotatable bonds is 4. The fraction of sp³-hybridized carbons (Fsp3) is 0.500. The van der Waals surface area contributed by atoms with E-state index in [1.54, 1.807) is 20.3 Å². The number of hydrogen-bond acceptors (Lipinski definition) is 3. The van der Waals surface area contributed by atoms with Crippen molar-refractivity contribution in [3.8, 4) is 5.75 Å². The molecule has 0 heterocycles. The zero-order chi connectivity index (χ0) is 12.3. The fourth-order valence-corrected chi connectivity index (χ4v) is 1.59. The zero-order valence-corrected chi connectivity index (χ0v) is 10.8. The molecule has 2 N–H and O–H groups in total. The summed E-state index contributed by atoms with van der Waals surface area (Å²) in [5, 5.41) is 0.577. The second-order valence-electron chi connectivity index (χ2n) is 4.18. The van der Waals surface area contributed by atoms with Crippen molar-refractivity contribution in [1.82, 2.24) is 0 Å². The Morgan fingerprint density at radius 3 is 2.44 bits per heavy atom. The normalized spacial score (nSPS) is 13.6. The van der Waals surface area contributed by atoms with Crippen molar-refractivity contribution in [1.29, 1.82) is 0 Å². The summed E-state index contributed by atoms with van der Waals surface area (Å²) in [6.07, 6.45) is 0. The van der Waals surface area contributed by atoms with Gasteiger partial charge in [-0.1, -0.05) is 17.7 Å². The lowest BCUT2D eigenvalue weighted by Gasteiger charge is -2.30. The lowest BCUT2D eigenvalue weighted by molar-refractivity contribution is -0.0000650. The second kappa shape index (κ2) is 5.04. The fourth-order valence-electron chi connectivity index (χ4n) is 1.40. The predicted molar refractivity (Wildman–Crippen MR) is 66.0 cm³/mol. The van der Waals surface area contributed by atoms with E-state index in [0.717, 1.165) is 5.56 Å². The van der Waals surface area contributed by atoms with E-state index in [9.17, 15) is 0 Å². The van der Waals surface area contributed by atoms with Crippen LogP contribution in [0.4, 0.5) is 0 Å². The van der Waals surface area contributed by atoms with Crippen molar-refractivity contribution in [2.75, 3.05) is 14.2 Å². The Balaban J connectivity index is 3.05. The van der Waals surface area contributed by atoms with Crippen LogP contribution in [0, 0.1) is 0 Å². The molecule has 90 valence electrons. The monoisotopic (exact) mass is 243 g/mol. The Hall–Kier alpha value is -0.770. The van der Waals surface area contributed by atoms with Gasteiger partial charge in [0.1, 0.15) is 5.75 Å². The van der Waals surface area contributed by atoms with Crippen LogP contribution in [0.3, 0.4) is 0 Å². The lowest BCUT2D eigenvalue weighted by atomic mass is 9.92. The van der Waals surface area contributed by atoms with Crippen molar-refractivity contribution in [2.45, 2.75) is 25.5 Å². The summed E-state index contributed by atoms with van der Waals surface area (Å²) in [5.74, 6) is 0.626. The molecule has 0 spiro atoms. The molecule has 1 unspecified atom stereocenters. The molecule has 0 aliphatic carbocycles.